The van der Waals surface area contributed by atoms with Crippen LogP contribution in [-0.2, 0) is 0 Å². The van der Waals surface area contributed by atoms with Gasteiger partial charge in [-0.1, -0.05) is 0 Å². The molecule has 0 fully saturated rings. The average molecular weight is 165 g/mol. The number of aromatic amines is 1. The molecule has 0 aliphatic heterocycles. The maximum Gasteiger partial charge on any atom is 0.133 e. The Hall–Kier alpha value is -1.52. The zero-order valence-corrected chi connectivity index (χ0v) is 7.34. The van der Waals surface area contributed by atoms with Gasteiger partial charge in [0.25, 0.3) is 0 Å². The molecular formula is C7H11N5. The van der Waals surface area contributed by atoms with Gasteiger partial charge in [-0.3, -0.25) is 0 Å². The molecule has 2 rings (SSSR count). The molecule has 0 aliphatic rings. The lowest BCUT2D eigenvalue weighted by Crippen LogP contribution is -1.89. The third-order valence-corrected chi connectivity index (χ3v) is 1.97. The molecule has 0 aromatic carbocycles. The number of rotatable bonds is 1. The lowest BCUT2D eigenvalue weighted by atomic mass is 10.3. The summed E-state index contributed by atoms with van der Waals surface area (Å²) >= 11 is 0. The number of hydrogen-bond donors (Lipinski definition) is 2. The second kappa shape index (κ2) is 2.23. The molecule has 0 aliphatic carbocycles. The maximum absolute atomic E-state index is 4.24. The number of nitrogens with one attached hydrogen (secondary N) is 2. The van der Waals surface area contributed by atoms with Gasteiger partial charge in [-0.15, -0.1) is 0 Å². The van der Waals surface area contributed by atoms with Gasteiger partial charge < -0.3 is 5.32 Å². The third kappa shape index (κ3) is 0.731. The molecule has 2 N–H and O–H groups in total. The van der Waals surface area contributed by atoms with Crippen molar-refractivity contribution in [3.05, 3.63) is 11.4 Å². The number of nitrogens with zero attached hydrogens (tertiary/aromatic N) is 3. The van der Waals surface area contributed by atoms with E-state index in [1.54, 1.807) is 4.63 Å². The van der Waals surface area contributed by atoms with E-state index in [2.05, 4.69) is 20.7 Å². The number of aromatic nitrogens is 4. The lowest BCUT2D eigenvalue weighted by molar-refractivity contribution is 0.745. The molecule has 5 nitrogen and oxygen atoms in total. The molecule has 2 aromatic heterocycles. The number of anilines is 1. The van der Waals surface area contributed by atoms with Gasteiger partial charge in [-0.05, 0) is 13.8 Å². The van der Waals surface area contributed by atoms with Crippen LogP contribution in [0.4, 0.5) is 5.69 Å². The second-order valence-corrected chi connectivity index (χ2v) is 2.77. The zero-order valence-electron chi connectivity index (χ0n) is 7.34. The first-order chi connectivity index (χ1) is 5.74. The first kappa shape index (κ1) is 7.15. The Labute approximate surface area is 69.7 Å². The Morgan fingerprint density at radius 2 is 2.08 bits per heavy atom. The zero-order chi connectivity index (χ0) is 8.72. The summed E-state index contributed by atoms with van der Waals surface area (Å²) in [5, 5.41) is 14.2. The first-order valence-corrected chi connectivity index (χ1v) is 3.82. The van der Waals surface area contributed by atoms with Crippen LogP contribution in [0.25, 0.3) is 5.52 Å². The van der Waals surface area contributed by atoms with Crippen molar-refractivity contribution in [2.45, 2.75) is 13.8 Å². The van der Waals surface area contributed by atoms with Crippen LogP contribution < -0.4 is 5.32 Å². The van der Waals surface area contributed by atoms with E-state index in [1.807, 2.05) is 20.9 Å². The predicted molar refractivity (Wildman–Crippen MR) is 46.4 cm³/mol. The fourth-order valence-corrected chi connectivity index (χ4v) is 1.41. The van der Waals surface area contributed by atoms with Gasteiger partial charge in [0.15, 0.2) is 0 Å². The molecule has 0 radical (unpaired) electrons. The largest absolute Gasteiger partial charge is 0.385 e. The molecule has 0 unspecified atom stereocenters. The van der Waals surface area contributed by atoms with Crippen molar-refractivity contribution in [1.82, 2.24) is 20.0 Å². The Morgan fingerprint density at radius 3 is 2.75 bits per heavy atom. The SMILES string of the molecule is CNc1c(C)nn2[nH]nc(C)c12. The Bertz CT molecular complexity index is 411. The van der Waals surface area contributed by atoms with E-state index in [4.69, 9.17) is 0 Å². The van der Waals surface area contributed by atoms with Crippen LogP contribution in [0, 0.1) is 13.8 Å². The molecule has 0 atom stereocenters. The first-order valence-electron chi connectivity index (χ1n) is 3.82. The molecule has 2 heterocycles. The summed E-state index contributed by atoms with van der Waals surface area (Å²) in [4.78, 5) is 0. The summed E-state index contributed by atoms with van der Waals surface area (Å²) in [5.74, 6) is 0. The maximum atomic E-state index is 4.24. The normalized spacial score (nSPS) is 10.9. The molecule has 64 valence electrons. The van der Waals surface area contributed by atoms with Gasteiger partial charge >= 0.3 is 0 Å². The van der Waals surface area contributed by atoms with Crippen molar-refractivity contribution in [2.24, 2.45) is 0 Å². The summed E-state index contributed by atoms with van der Waals surface area (Å²) in [7, 11) is 1.89. The number of aryl methyl sites for hydroxylation is 2. The summed E-state index contributed by atoms with van der Waals surface area (Å²) < 4.78 is 1.68. The fourth-order valence-electron chi connectivity index (χ4n) is 1.41. The van der Waals surface area contributed by atoms with Gasteiger partial charge in [0.05, 0.1) is 17.1 Å². The smallest absolute Gasteiger partial charge is 0.133 e. The number of fused-ring (bicyclic) bond motifs is 1. The molecule has 0 spiro atoms. The van der Waals surface area contributed by atoms with Crippen LogP contribution in [0.1, 0.15) is 11.4 Å². The summed E-state index contributed by atoms with van der Waals surface area (Å²) in [6.45, 7) is 3.92. The quantitative estimate of drug-likeness (QED) is 0.654. The van der Waals surface area contributed by atoms with E-state index in [1.165, 1.54) is 0 Å². The monoisotopic (exact) mass is 165 g/mol. The molecule has 12 heavy (non-hydrogen) atoms. The van der Waals surface area contributed by atoms with E-state index in [-0.39, 0.29) is 0 Å². The Morgan fingerprint density at radius 1 is 1.33 bits per heavy atom. The minimum absolute atomic E-state index is 0.958. The Balaban J connectivity index is 2.84. The average Bonchev–Trinajstić information content (AvgIpc) is 2.52. The van der Waals surface area contributed by atoms with Crippen LogP contribution in [0.15, 0.2) is 0 Å². The second-order valence-electron chi connectivity index (χ2n) is 2.77. The highest BCUT2D eigenvalue weighted by Gasteiger charge is 2.11. The molecule has 0 saturated heterocycles. The van der Waals surface area contributed by atoms with Gasteiger partial charge in [-0.25, -0.2) is 0 Å². The molecule has 5 heteroatoms. The minimum Gasteiger partial charge on any atom is -0.385 e. The predicted octanol–water partition coefficient (Wildman–Crippen LogP) is 0.716. The highest BCUT2D eigenvalue weighted by molar-refractivity contribution is 5.75. The topological polar surface area (TPSA) is 58.0 Å². The van der Waals surface area contributed by atoms with E-state index in [9.17, 15) is 0 Å². The molecule has 2 aromatic rings. The number of H-pyrrole nitrogens is 1. The van der Waals surface area contributed by atoms with E-state index < -0.39 is 0 Å². The van der Waals surface area contributed by atoms with Gasteiger partial charge in [0.1, 0.15) is 5.52 Å². The highest BCUT2D eigenvalue weighted by Crippen LogP contribution is 2.21. The van der Waals surface area contributed by atoms with Gasteiger partial charge in [0, 0.05) is 7.05 Å². The van der Waals surface area contributed by atoms with Crippen LogP contribution >= 0.6 is 0 Å². The molecular weight excluding hydrogens is 154 g/mol. The highest BCUT2D eigenvalue weighted by atomic mass is 15.5. The minimum atomic E-state index is 0.958. The van der Waals surface area contributed by atoms with Gasteiger partial charge in [-0.2, -0.15) is 20.0 Å². The van der Waals surface area contributed by atoms with E-state index >= 15 is 0 Å². The van der Waals surface area contributed by atoms with Crippen LogP contribution in [0.3, 0.4) is 0 Å². The molecule has 0 saturated carbocycles. The van der Waals surface area contributed by atoms with Crippen molar-refractivity contribution in [2.75, 3.05) is 12.4 Å². The van der Waals surface area contributed by atoms with E-state index in [0.717, 1.165) is 22.6 Å². The van der Waals surface area contributed by atoms with Crippen molar-refractivity contribution >= 4 is 11.2 Å². The molecule has 0 bridgehead atoms. The van der Waals surface area contributed by atoms with Crippen LogP contribution in [0.5, 0.6) is 0 Å². The summed E-state index contributed by atoms with van der Waals surface area (Å²) in [6, 6.07) is 0. The van der Waals surface area contributed by atoms with Gasteiger partial charge in [0.2, 0.25) is 0 Å². The van der Waals surface area contributed by atoms with Crippen molar-refractivity contribution in [1.29, 1.82) is 0 Å². The lowest BCUT2D eigenvalue weighted by Gasteiger charge is -1.94. The fraction of sp³-hybridized carbons (Fsp3) is 0.429. The van der Waals surface area contributed by atoms with Crippen molar-refractivity contribution in [3.8, 4) is 0 Å². The van der Waals surface area contributed by atoms with Crippen molar-refractivity contribution in [3.63, 3.8) is 0 Å². The number of hydrogen-bond acceptors (Lipinski definition) is 3. The summed E-state index contributed by atoms with van der Waals surface area (Å²) in [6.07, 6.45) is 0. The molecule has 0 amide bonds. The van der Waals surface area contributed by atoms with Crippen LogP contribution in [0.2, 0.25) is 0 Å². The standard InChI is InChI=1S/C7H11N5/c1-4-6(8-3)7-5(2)9-11-12(7)10-4/h8,11H,1-3H3. The summed E-state index contributed by atoms with van der Waals surface area (Å²) in [5.41, 5.74) is 4.01. The van der Waals surface area contributed by atoms with Crippen molar-refractivity contribution < 1.29 is 0 Å². The van der Waals surface area contributed by atoms with E-state index in [0.29, 0.717) is 0 Å². The Kier molecular flexibility index (Phi) is 1.33. The third-order valence-electron chi connectivity index (χ3n) is 1.97. The van der Waals surface area contributed by atoms with Crippen LogP contribution in [-0.4, -0.2) is 27.1 Å².